The van der Waals surface area contributed by atoms with Gasteiger partial charge in [-0.05, 0) is 37.8 Å². The van der Waals surface area contributed by atoms with Gasteiger partial charge in [-0.1, -0.05) is 6.42 Å². The Labute approximate surface area is 193 Å². The summed E-state index contributed by atoms with van der Waals surface area (Å²) in [6.07, 6.45) is 7.87. The number of methoxy groups -OCH3 is 2. The topological polar surface area (TPSA) is 94.4 Å². The summed E-state index contributed by atoms with van der Waals surface area (Å²) in [5.74, 6) is 3.00. The number of hydrogen-bond acceptors (Lipinski definition) is 7. The summed E-state index contributed by atoms with van der Waals surface area (Å²) in [4.78, 5) is 29.5. The predicted molar refractivity (Wildman–Crippen MR) is 126 cm³/mol. The van der Waals surface area contributed by atoms with Crippen molar-refractivity contribution in [3.05, 3.63) is 30.4 Å². The summed E-state index contributed by atoms with van der Waals surface area (Å²) < 4.78 is 13.0. The van der Waals surface area contributed by atoms with Crippen LogP contribution in [0.1, 0.15) is 37.9 Å². The zero-order chi connectivity index (χ0) is 22.8. The van der Waals surface area contributed by atoms with E-state index in [2.05, 4.69) is 24.8 Å². The molecule has 174 valence electrons. The van der Waals surface area contributed by atoms with Gasteiger partial charge in [0.25, 0.3) is 0 Å². The number of rotatable bonds is 5. The van der Waals surface area contributed by atoms with E-state index in [0.717, 1.165) is 68.0 Å². The molecule has 0 radical (unpaired) electrons. The maximum absolute atomic E-state index is 13.2. The van der Waals surface area contributed by atoms with Crippen molar-refractivity contribution in [3.8, 4) is 11.5 Å². The monoisotopic (exact) mass is 450 g/mol. The number of nitrogens with zero attached hydrogens (tertiary/aromatic N) is 5. The molecule has 2 aliphatic heterocycles. The Morgan fingerprint density at radius 3 is 2.85 bits per heavy atom. The van der Waals surface area contributed by atoms with E-state index in [9.17, 15) is 4.79 Å². The molecular weight excluding hydrogens is 420 g/mol. The molecule has 3 aromatic rings. The molecule has 1 aromatic carbocycles. The fourth-order valence-corrected chi connectivity index (χ4v) is 4.89. The molecule has 2 aliphatic rings. The Kier molecular flexibility index (Phi) is 6.02. The van der Waals surface area contributed by atoms with Crippen LogP contribution in [0.2, 0.25) is 0 Å². The van der Waals surface area contributed by atoms with E-state index in [1.165, 1.54) is 6.42 Å². The molecule has 0 spiro atoms. The van der Waals surface area contributed by atoms with Gasteiger partial charge in [0.2, 0.25) is 5.91 Å². The highest BCUT2D eigenvalue weighted by atomic mass is 16.5. The second kappa shape index (κ2) is 9.25. The first-order chi connectivity index (χ1) is 16.2. The smallest absolute Gasteiger partial charge is 0.229 e. The van der Waals surface area contributed by atoms with Crippen LogP contribution in [0.3, 0.4) is 0 Å². The highest BCUT2D eigenvalue weighted by molar-refractivity contribution is 5.95. The van der Waals surface area contributed by atoms with E-state index in [1.807, 2.05) is 6.07 Å². The van der Waals surface area contributed by atoms with Gasteiger partial charge in [0.1, 0.15) is 23.7 Å². The Balaban J connectivity index is 1.37. The molecule has 5 rings (SSSR count). The van der Waals surface area contributed by atoms with Gasteiger partial charge in [-0.25, -0.2) is 15.0 Å². The van der Waals surface area contributed by atoms with Crippen molar-refractivity contribution in [1.29, 1.82) is 0 Å². The number of amides is 1. The van der Waals surface area contributed by atoms with Gasteiger partial charge in [0.15, 0.2) is 17.0 Å². The average Bonchev–Trinajstić information content (AvgIpc) is 3.04. The van der Waals surface area contributed by atoms with Gasteiger partial charge in [-0.3, -0.25) is 4.79 Å². The summed E-state index contributed by atoms with van der Waals surface area (Å²) in [6, 6.07) is 5.38. The lowest BCUT2D eigenvalue weighted by Gasteiger charge is -2.32. The van der Waals surface area contributed by atoms with Crippen LogP contribution in [0.5, 0.6) is 11.5 Å². The SMILES string of the molecule is COc1ccc(OC)c(NC(=O)[C@H]2CCCN(c3ncnc4c3nc3n4CCCCC3)C2)c1. The van der Waals surface area contributed by atoms with Gasteiger partial charge < -0.3 is 24.3 Å². The molecule has 0 unspecified atom stereocenters. The first-order valence-electron chi connectivity index (χ1n) is 11.7. The van der Waals surface area contributed by atoms with Crippen molar-refractivity contribution in [2.75, 3.05) is 37.5 Å². The molecule has 1 atom stereocenters. The Morgan fingerprint density at radius 2 is 2.00 bits per heavy atom. The number of carbonyl (C=O) groups is 1. The third-order valence-corrected chi connectivity index (χ3v) is 6.63. The van der Waals surface area contributed by atoms with E-state index >= 15 is 0 Å². The third kappa shape index (κ3) is 4.19. The molecule has 2 aromatic heterocycles. The van der Waals surface area contributed by atoms with Crippen molar-refractivity contribution in [3.63, 3.8) is 0 Å². The maximum atomic E-state index is 13.2. The first-order valence-corrected chi connectivity index (χ1v) is 11.7. The predicted octanol–water partition coefficient (Wildman–Crippen LogP) is 3.43. The van der Waals surface area contributed by atoms with E-state index in [-0.39, 0.29) is 11.8 Å². The summed E-state index contributed by atoms with van der Waals surface area (Å²) in [7, 11) is 3.19. The number of piperidine rings is 1. The number of anilines is 2. The number of aryl methyl sites for hydroxylation is 2. The Hall–Kier alpha value is -3.36. The lowest BCUT2D eigenvalue weighted by atomic mass is 9.97. The Morgan fingerprint density at radius 1 is 1.09 bits per heavy atom. The van der Waals surface area contributed by atoms with Crippen LogP contribution < -0.4 is 19.7 Å². The molecular formula is C24H30N6O3. The number of hydrogen-bond donors (Lipinski definition) is 1. The highest BCUT2D eigenvalue weighted by Gasteiger charge is 2.29. The van der Waals surface area contributed by atoms with E-state index < -0.39 is 0 Å². The molecule has 0 aliphatic carbocycles. The van der Waals surface area contributed by atoms with Gasteiger partial charge in [-0.15, -0.1) is 0 Å². The molecule has 33 heavy (non-hydrogen) atoms. The van der Waals surface area contributed by atoms with Crippen LogP contribution in [0, 0.1) is 5.92 Å². The van der Waals surface area contributed by atoms with Crippen LogP contribution >= 0.6 is 0 Å². The minimum atomic E-state index is -0.167. The number of imidazole rings is 1. The Bertz CT molecular complexity index is 1160. The first kappa shape index (κ1) is 21.5. The summed E-state index contributed by atoms with van der Waals surface area (Å²) in [5, 5.41) is 3.04. The van der Waals surface area contributed by atoms with Gasteiger partial charge in [0, 0.05) is 32.1 Å². The van der Waals surface area contributed by atoms with Gasteiger partial charge >= 0.3 is 0 Å². The number of carbonyl (C=O) groups excluding carboxylic acids is 1. The van der Waals surface area contributed by atoms with Crippen LogP contribution in [-0.4, -0.2) is 52.7 Å². The fourth-order valence-electron chi connectivity index (χ4n) is 4.89. The minimum absolute atomic E-state index is 0.0304. The summed E-state index contributed by atoms with van der Waals surface area (Å²) >= 11 is 0. The second-order valence-electron chi connectivity index (χ2n) is 8.70. The van der Waals surface area contributed by atoms with Gasteiger partial charge in [0.05, 0.1) is 25.8 Å². The standard InChI is InChI=1S/C24H30N6O3/c1-32-17-9-10-19(33-2)18(13-17)27-24(31)16-7-6-11-29(14-16)22-21-23(26-15-25-22)30-12-5-3-4-8-20(30)28-21/h9-10,13,15-16H,3-8,11-12,14H2,1-2H3,(H,27,31)/t16-/m0/s1. The molecule has 9 heteroatoms. The molecule has 0 saturated carbocycles. The molecule has 1 N–H and O–H groups in total. The third-order valence-electron chi connectivity index (χ3n) is 6.63. The van der Waals surface area contributed by atoms with Crippen molar-refractivity contribution < 1.29 is 14.3 Å². The minimum Gasteiger partial charge on any atom is -0.497 e. The number of nitrogens with one attached hydrogen (secondary N) is 1. The normalized spacial score (nSPS) is 18.5. The van der Waals surface area contributed by atoms with Crippen molar-refractivity contribution in [2.24, 2.45) is 5.92 Å². The largest absolute Gasteiger partial charge is 0.497 e. The summed E-state index contributed by atoms with van der Waals surface area (Å²) in [6.45, 7) is 2.39. The van der Waals surface area contributed by atoms with Crippen LogP contribution in [-0.2, 0) is 17.8 Å². The van der Waals surface area contributed by atoms with E-state index in [0.29, 0.717) is 23.7 Å². The van der Waals surface area contributed by atoms with E-state index in [1.54, 1.807) is 32.7 Å². The quantitative estimate of drug-likeness (QED) is 0.636. The second-order valence-corrected chi connectivity index (χ2v) is 8.70. The van der Waals surface area contributed by atoms with Crippen molar-refractivity contribution in [1.82, 2.24) is 19.5 Å². The van der Waals surface area contributed by atoms with Gasteiger partial charge in [-0.2, -0.15) is 0 Å². The zero-order valence-electron chi connectivity index (χ0n) is 19.2. The fraction of sp³-hybridized carbons (Fsp3) is 0.500. The lowest BCUT2D eigenvalue weighted by Crippen LogP contribution is -2.41. The molecule has 4 heterocycles. The molecule has 0 bridgehead atoms. The zero-order valence-corrected chi connectivity index (χ0v) is 19.2. The molecule has 1 saturated heterocycles. The number of aromatic nitrogens is 4. The lowest BCUT2D eigenvalue weighted by molar-refractivity contribution is -0.120. The number of ether oxygens (including phenoxy) is 2. The van der Waals surface area contributed by atoms with E-state index in [4.69, 9.17) is 14.5 Å². The van der Waals surface area contributed by atoms with Crippen LogP contribution in [0.15, 0.2) is 24.5 Å². The number of benzene rings is 1. The molecule has 1 fully saturated rings. The average molecular weight is 451 g/mol. The van der Waals surface area contributed by atoms with Crippen molar-refractivity contribution in [2.45, 2.75) is 45.1 Å². The highest BCUT2D eigenvalue weighted by Crippen LogP contribution is 2.32. The molecule has 1 amide bonds. The van der Waals surface area contributed by atoms with Crippen LogP contribution in [0.25, 0.3) is 11.2 Å². The van der Waals surface area contributed by atoms with Crippen LogP contribution in [0.4, 0.5) is 11.5 Å². The maximum Gasteiger partial charge on any atom is 0.229 e. The summed E-state index contributed by atoms with van der Waals surface area (Å²) in [5.41, 5.74) is 2.37. The number of fused-ring (bicyclic) bond motifs is 3. The molecule has 9 nitrogen and oxygen atoms in total. The van der Waals surface area contributed by atoms with Crippen molar-refractivity contribution >= 4 is 28.6 Å².